The minimum Gasteiger partial charge on any atom is -0.497 e. The van der Waals surface area contributed by atoms with Gasteiger partial charge in [-0.1, -0.05) is 18.6 Å². The van der Waals surface area contributed by atoms with Gasteiger partial charge in [0.2, 0.25) is 0 Å². The molecule has 1 aliphatic rings. The number of piperidine rings is 1. The van der Waals surface area contributed by atoms with E-state index >= 15 is 0 Å². The van der Waals surface area contributed by atoms with Crippen molar-refractivity contribution < 1.29 is 13.2 Å². The van der Waals surface area contributed by atoms with E-state index in [1.807, 2.05) is 24.3 Å². The third-order valence-corrected chi connectivity index (χ3v) is 5.38. The van der Waals surface area contributed by atoms with Crippen molar-refractivity contribution in [2.75, 3.05) is 20.2 Å². The van der Waals surface area contributed by atoms with Gasteiger partial charge in [0.25, 0.3) is 10.2 Å². The van der Waals surface area contributed by atoms with Gasteiger partial charge in [-0.25, -0.2) is 0 Å². The molecule has 118 valence electrons. The van der Waals surface area contributed by atoms with E-state index in [4.69, 9.17) is 10.5 Å². The lowest BCUT2D eigenvalue weighted by Gasteiger charge is -2.33. The summed E-state index contributed by atoms with van der Waals surface area (Å²) >= 11 is 0. The van der Waals surface area contributed by atoms with Crippen molar-refractivity contribution in [1.29, 1.82) is 0 Å². The van der Waals surface area contributed by atoms with Gasteiger partial charge >= 0.3 is 0 Å². The lowest BCUT2D eigenvalue weighted by molar-refractivity contribution is 0.254. The minimum absolute atomic E-state index is 0.0906. The number of hydrogen-bond donors (Lipinski definition) is 2. The van der Waals surface area contributed by atoms with Gasteiger partial charge in [0.15, 0.2) is 0 Å². The molecule has 0 saturated carbocycles. The second-order valence-electron chi connectivity index (χ2n) is 5.17. The summed E-state index contributed by atoms with van der Waals surface area (Å²) in [4.78, 5) is 0. The van der Waals surface area contributed by atoms with Crippen molar-refractivity contribution in [2.24, 2.45) is 5.73 Å². The molecule has 1 aromatic carbocycles. The first-order chi connectivity index (χ1) is 10.1. The van der Waals surface area contributed by atoms with Gasteiger partial charge < -0.3 is 10.5 Å². The monoisotopic (exact) mass is 313 g/mol. The Morgan fingerprint density at radius 1 is 1.33 bits per heavy atom. The maximum Gasteiger partial charge on any atom is 0.280 e. The molecule has 2 rings (SSSR count). The van der Waals surface area contributed by atoms with E-state index in [-0.39, 0.29) is 12.6 Å². The number of rotatable bonds is 6. The SMILES string of the molecule is COc1ccc(CNS(=O)(=O)N2CCCCC2CN)cc1. The standard InChI is InChI=1S/C14H23N3O3S/c1-20-14-7-5-12(6-8-14)11-16-21(18,19)17-9-3-2-4-13(17)10-15/h5-8,13,16H,2-4,9-11,15H2,1H3. The zero-order valence-corrected chi connectivity index (χ0v) is 13.1. The van der Waals surface area contributed by atoms with E-state index in [2.05, 4.69) is 4.72 Å². The summed E-state index contributed by atoms with van der Waals surface area (Å²) in [5, 5.41) is 0. The maximum absolute atomic E-state index is 12.4. The summed E-state index contributed by atoms with van der Waals surface area (Å²) < 4.78 is 34.0. The first-order valence-corrected chi connectivity index (χ1v) is 8.60. The normalized spacial score (nSPS) is 20.4. The second kappa shape index (κ2) is 7.22. The molecule has 1 aromatic rings. The van der Waals surface area contributed by atoms with Gasteiger partial charge in [-0.05, 0) is 30.5 Å². The van der Waals surface area contributed by atoms with Crippen LogP contribution in [0.5, 0.6) is 5.75 Å². The van der Waals surface area contributed by atoms with Crippen molar-refractivity contribution in [2.45, 2.75) is 31.8 Å². The Morgan fingerprint density at radius 2 is 2.05 bits per heavy atom. The van der Waals surface area contributed by atoms with Gasteiger partial charge in [-0.15, -0.1) is 0 Å². The minimum atomic E-state index is -3.49. The van der Waals surface area contributed by atoms with Crippen molar-refractivity contribution in [3.8, 4) is 5.75 Å². The highest BCUT2D eigenvalue weighted by Gasteiger charge is 2.30. The molecule has 6 nitrogen and oxygen atoms in total. The van der Waals surface area contributed by atoms with Gasteiger partial charge in [-0.2, -0.15) is 17.4 Å². The van der Waals surface area contributed by atoms with Gasteiger partial charge in [-0.3, -0.25) is 0 Å². The number of hydrogen-bond acceptors (Lipinski definition) is 4. The van der Waals surface area contributed by atoms with Crippen LogP contribution in [0, 0.1) is 0 Å². The highest BCUT2D eigenvalue weighted by molar-refractivity contribution is 7.87. The van der Waals surface area contributed by atoms with Crippen LogP contribution < -0.4 is 15.2 Å². The van der Waals surface area contributed by atoms with Crippen molar-refractivity contribution >= 4 is 10.2 Å². The molecule has 0 amide bonds. The van der Waals surface area contributed by atoms with Gasteiger partial charge in [0.05, 0.1) is 7.11 Å². The van der Waals surface area contributed by atoms with Crippen LogP contribution in [0.4, 0.5) is 0 Å². The van der Waals surface area contributed by atoms with E-state index in [0.29, 0.717) is 13.1 Å². The second-order valence-corrected chi connectivity index (χ2v) is 6.88. The summed E-state index contributed by atoms with van der Waals surface area (Å²) in [6.07, 6.45) is 2.76. The summed E-state index contributed by atoms with van der Waals surface area (Å²) in [5.74, 6) is 0.751. The maximum atomic E-state index is 12.4. The molecule has 0 bridgehead atoms. The van der Waals surface area contributed by atoms with E-state index in [0.717, 1.165) is 30.6 Å². The number of nitrogens with one attached hydrogen (secondary N) is 1. The van der Waals surface area contributed by atoms with E-state index in [1.165, 1.54) is 4.31 Å². The molecule has 1 heterocycles. The Bertz CT molecular complexity index is 545. The Balaban J connectivity index is 1.99. The van der Waals surface area contributed by atoms with E-state index < -0.39 is 10.2 Å². The zero-order chi connectivity index (χ0) is 15.3. The zero-order valence-electron chi connectivity index (χ0n) is 12.3. The first kappa shape index (κ1) is 16.2. The first-order valence-electron chi connectivity index (χ1n) is 7.16. The molecule has 21 heavy (non-hydrogen) atoms. The Kier molecular flexibility index (Phi) is 5.58. The number of nitrogens with zero attached hydrogens (tertiary/aromatic N) is 1. The molecule has 1 aliphatic heterocycles. The van der Waals surface area contributed by atoms with Crippen LogP contribution in [0.2, 0.25) is 0 Å². The van der Waals surface area contributed by atoms with Crippen LogP contribution in [-0.4, -0.2) is 39.0 Å². The molecule has 0 aliphatic carbocycles. The smallest absolute Gasteiger partial charge is 0.280 e. The molecule has 1 saturated heterocycles. The van der Waals surface area contributed by atoms with E-state index in [9.17, 15) is 8.42 Å². The molecule has 0 spiro atoms. The molecule has 7 heteroatoms. The number of ether oxygens (including phenoxy) is 1. The predicted octanol–water partition coefficient (Wildman–Crippen LogP) is 0.843. The van der Waals surface area contributed by atoms with Crippen molar-refractivity contribution in [3.05, 3.63) is 29.8 Å². The molecule has 3 N–H and O–H groups in total. The molecule has 0 aromatic heterocycles. The summed E-state index contributed by atoms with van der Waals surface area (Å²) in [7, 11) is -1.89. The third kappa shape index (κ3) is 4.16. The summed E-state index contributed by atoms with van der Waals surface area (Å²) in [5.41, 5.74) is 6.57. The Hall–Kier alpha value is -1.15. The van der Waals surface area contributed by atoms with Crippen LogP contribution >= 0.6 is 0 Å². The van der Waals surface area contributed by atoms with Crippen LogP contribution in [-0.2, 0) is 16.8 Å². The topological polar surface area (TPSA) is 84.7 Å². The number of benzene rings is 1. The average Bonchev–Trinajstić information content (AvgIpc) is 2.53. The fraction of sp³-hybridized carbons (Fsp3) is 0.571. The van der Waals surface area contributed by atoms with Gasteiger partial charge in [0, 0.05) is 25.7 Å². The molecule has 0 radical (unpaired) electrons. The highest BCUT2D eigenvalue weighted by Crippen LogP contribution is 2.19. The van der Waals surface area contributed by atoms with Crippen LogP contribution in [0.15, 0.2) is 24.3 Å². The van der Waals surface area contributed by atoms with Crippen molar-refractivity contribution in [3.63, 3.8) is 0 Å². The molecule has 1 unspecified atom stereocenters. The van der Waals surface area contributed by atoms with Crippen molar-refractivity contribution in [1.82, 2.24) is 9.03 Å². The summed E-state index contributed by atoms with van der Waals surface area (Å²) in [6, 6.07) is 7.23. The molecule has 1 fully saturated rings. The molecule has 1 atom stereocenters. The fourth-order valence-electron chi connectivity index (χ4n) is 2.53. The molecular weight excluding hydrogens is 290 g/mol. The fourth-order valence-corrected chi connectivity index (χ4v) is 4.00. The van der Waals surface area contributed by atoms with Gasteiger partial charge in [0.1, 0.15) is 5.75 Å². The highest BCUT2D eigenvalue weighted by atomic mass is 32.2. The van der Waals surface area contributed by atoms with E-state index in [1.54, 1.807) is 7.11 Å². The lowest BCUT2D eigenvalue weighted by Crippen LogP contribution is -2.51. The third-order valence-electron chi connectivity index (χ3n) is 3.77. The number of methoxy groups -OCH3 is 1. The predicted molar refractivity (Wildman–Crippen MR) is 82.2 cm³/mol. The number of nitrogens with two attached hydrogens (primary N) is 1. The van der Waals surface area contributed by atoms with Crippen LogP contribution in [0.25, 0.3) is 0 Å². The van der Waals surface area contributed by atoms with Crippen LogP contribution in [0.1, 0.15) is 24.8 Å². The quantitative estimate of drug-likeness (QED) is 0.815. The molecular formula is C14H23N3O3S. The largest absolute Gasteiger partial charge is 0.497 e. The summed E-state index contributed by atoms with van der Waals surface area (Å²) in [6.45, 7) is 1.17. The lowest BCUT2D eigenvalue weighted by atomic mass is 10.1. The average molecular weight is 313 g/mol. The Labute approximate surface area is 126 Å². The Morgan fingerprint density at radius 3 is 2.67 bits per heavy atom. The van der Waals surface area contributed by atoms with Crippen LogP contribution in [0.3, 0.4) is 0 Å².